The molecule has 5 rings (SSSR count). The lowest BCUT2D eigenvalue weighted by atomic mass is 10.0. The molecule has 134 valence electrons. The summed E-state index contributed by atoms with van der Waals surface area (Å²) in [4.78, 5) is 13.2. The number of hydrogen-bond donors (Lipinski definition) is 1. The van der Waals surface area contributed by atoms with E-state index in [1.165, 1.54) is 10.6 Å². The standard InChI is InChI=1S/C19H18FN5O.H2/c20-17-10-21-18-4-1-12(11-25(17)18)14-2-3-16-15(14)9-22-19(24-16)23-13-5-7-26-8-6-13;/h1-2,4,9-11,13H,3,5-8H2,(H,22,23,24);1H. The summed E-state index contributed by atoms with van der Waals surface area (Å²) >= 11 is 0. The number of imidazole rings is 1. The second-order valence-corrected chi connectivity index (χ2v) is 6.63. The average molecular weight is 353 g/mol. The van der Waals surface area contributed by atoms with Crippen LogP contribution in [0.2, 0.25) is 0 Å². The van der Waals surface area contributed by atoms with Crippen LogP contribution in [0.3, 0.4) is 0 Å². The number of fused-ring (bicyclic) bond motifs is 2. The molecule has 4 heterocycles. The number of allylic oxidation sites excluding steroid dienone is 1. The fourth-order valence-electron chi connectivity index (χ4n) is 3.58. The van der Waals surface area contributed by atoms with Crippen molar-refractivity contribution >= 4 is 17.2 Å². The topological polar surface area (TPSA) is 64.3 Å². The molecule has 0 aromatic carbocycles. The third-order valence-corrected chi connectivity index (χ3v) is 4.98. The third-order valence-electron chi connectivity index (χ3n) is 4.98. The van der Waals surface area contributed by atoms with Gasteiger partial charge in [-0.3, -0.25) is 4.40 Å². The summed E-state index contributed by atoms with van der Waals surface area (Å²) in [6.07, 6.45) is 9.67. The average Bonchev–Trinajstić information content (AvgIpc) is 3.26. The van der Waals surface area contributed by atoms with E-state index in [0.29, 0.717) is 17.6 Å². The first-order valence-electron chi connectivity index (χ1n) is 8.81. The van der Waals surface area contributed by atoms with E-state index in [4.69, 9.17) is 4.74 Å². The lowest BCUT2D eigenvalue weighted by molar-refractivity contribution is 0.0903. The summed E-state index contributed by atoms with van der Waals surface area (Å²) in [5, 5.41) is 3.41. The molecule has 1 aliphatic carbocycles. The molecule has 1 N–H and O–H groups in total. The van der Waals surface area contributed by atoms with E-state index < -0.39 is 0 Å². The highest BCUT2D eigenvalue weighted by atomic mass is 19.1. The Morgan fingerprint density at radius 1 is 1.19 bits per heavy atom. The maximum atomic E-state index is 13.8. The van der Waals surface area contributed by atoms with E-state index in [1.54, 1.807) is 6.20 Å². The Labute approximate surface area is 151 Å². The Balaban J connectivity index is 0.00000180. The van der Waals surface area contributed by atoms with Gasteiger partial charge in [0.1, 0.15) is 5.65 Å². The van der Waals surface area contributed by atoms with Crippen molar-refractivity contribution in [3.63, 3.8) is 0 Å². The summed E-state index contributed by atoms with van der Waals surface area (Å²) in [5.41, 5.74) is 4.56. The van der Waals surface area contributed by atoms with Gasteiger partial charge in [-0.2, -0.15) is 4.39 Å². The molecule has 1 fully saturated rings. The molecule has 0 amide bonds. The van der Waals surface area contributed by atoms with Crippen molar-refractivity contribution in [1.29, 1.82) is 0 Å². The van der Waals surface area contributed by atoms with Gasteiger partial charge in [0.2, 0.25) is 11.9 Å². The van der Waals surface area contributed by atoms with E-state index in [1.807, 2.05) is 18.3 Å². The van der Waals surface area contributed by atoms with Gasteiger partial charge in [-0.15, -0.1) is 0 Å². The molecule has 0 atom stereocenters. The highest BCUT2D eigenvalue weighted by Crippen LogP contribution is 2.32. The number of nitrogens with one attached hydrogen (secondary N) is 1. The second-order valence-electron chi connectivity index (χ2n) is 6.63. The van der Waals surface area contributed by atoms with Gasteiger partial charge >= 0.3 is 0 Å². The number of ether oxygens (including phenoxy) is 1. The summed E-state index contributed by atoms with van der Waals surface area (Å²) < 4.78 is 20.7. The minimum absolute atomic E-state index is 0. The monoisotopic (exact) mass is 353 g/mol. The highest BCUT2D eigenvalue weighted by Gasteiger charge is 2.20. The second kappa shape index (κ2) is 6.17. The van der Waals surface area contributed by atoms with Gasteiger partial charge in [-0.1, -0.05) is 6.08 Å². The van der Waals surface area contributed by atoms with E-state index >= 15 is 0 Å². The lowest BCUT2D eigenvalue weighted by Gasteiger charge is -2.23. The molecule has 6 nitrogen and oxygen atoms in total. The van der Waals surface area contributed by atoms with Gasteiger partial charge in [0, 0.05) is 45.1 Å². The van der Waals surface area contributed by atoms with E-state index in [9.17, 15) is 4.39 Å². The molecule has 0 bridgehead atoms. The molecule has 3 aromatic heterocycles. The van der Waals surface area contributed by atoms with Crippen LogP contribution in [0.4, 0.5) is 10.3 Å². The Morgan fingerprint density at radius 2 is 2.08 bits per heavy atom. The van der Waals surface area contributed by atoms with Crippen molar-refractivity contribution < 1.29 is 10.6 Å². The Hall–Kier alpha value is -2.80. The number of rotatable bonds is 3. The SMILES string of the molecule is Fc1cnc2ccc(C3=CCc4nc(NC5CCOCC5)ncc43)cn12.[HH]. The first kappa shape index (κ1) is 15.5. The number of nitrogens with zero attached hydrogens (tertiary/aromatic N) is 4. The molecule has 2 aliphatic rings. The molecular formula is C19H20FN5O. The molecule has 0 radical (unpaired) electrons. The van der Waals surface area contributed by atoms with Gasteiger partial charge in [0.15, 0.2) is 0 Å². The molecule has 1 aliphatic heterocycles. The molecule has 26 heavy (non-hydrogen) atoms. The zero-order valence-electron chi connectivity index (χ0n) is 14.2. The predicted octanol–water partition coefficient (Wildman–Crippen LogP) is 3.09. The minimum Gasteiger partial charge on any atom is -0.381 e. The molecule has 7 heteroatoms. The van der Waals surface area contributed by atoms with Crippen molar-refractivity contribution in [1.82, 2.24) is 19.4 Å². The van der Waals surface area contributed by atoms with Crippen LogP contribution in [0, 0.1) is 5.95 Å². The summed E-state index contributed by atoms with van der Waals surface area (Å²) in [7, 11) is 0. The van der Waals surface area contributed by atoms with Crippen LogP contribution in [-0.4, -0.2) is 38.6 Å². The van der Waals surface area contributed by atoms with Crippen LogP contribution in [0.1, 0.15) is 31.1 Å². The maximum absolute atomic E-state index is 13.8. The van der Waals surface area contributed by atoms with E-state index in [2.05, 4.69) is 26.3 Å². The predicted molar refractivity (Wildman–Crippen MR) is 97.5 cm³/mol. The number of pyridine rings is 1. The molecule has 3 aromatic rings. The fourth-order valence-corrected chi connectivity index (χ4v) is 3.58. The number of aromatic nitrogens is 4. The number of halogens is 1. The van der Waals surface area contributed by atoms with Crippen molar-refractivity contribution in [2.45, 2.75) is 25.3 Å². The molecule has 0 saturated carbocycles. The zero-order chi connectivity index (χ0) is 17.5. The van der Waals surface area contributed by atoms with E-state index in [0.717, 1.165) is 54.9 Å². The quantitative estimate of drug-likeness (QED) is 0.784. The van der Waals surface area contributed by atoms with Crippen molar-refractivity contribution in [3.8, 4) is 0 Å². The first-order chi connectivity index (χ1) is 12.8. The van der Waals surface area contributed by atoms with Gasteiger partial charge in [0.05, 0.1) is 11.9 Å². The normalized spacial score (nSPS) is 17.3. The summed E-state index contributed by atoms with van der Waals surface area (Å²) in [6, 6.07) is 4.14. The number of hydrogen-bond acceptors (Lipinski definition) is 5. The van der Waals surface area contributed by atoms with Crippen molar-refractivity contribution in [3.05, 3.63) is 59.6 Å². The maximum Gasteiger partial charge on any atom is 0.223 e. The Bertz CT molecular complexity index is 1010. The highest BCUT2D eigenvalue weighted by molar-refractivity contribution is 5.83. The first-order valence-corrected chi connectivity index (χ1v) is 8.81. The van der Waals surface area contributed by atoms with Crippen LogP contribution in [0.5, 0.6) is 0 Å². The zero-order valence-corrected chi connectivity index (χ0v) is 14.2. The third kappa shape index (κ3) is 2.64. The molecule has 0 unspecified atom stereocenters. The minimum atomic E-state index is -0.368. The van der Waals surface area contributed by atoms with Gasteiger partial charge < -0.3 is 10.1 Å². The largest absolute Gasteiger partial charge is 0.381 e. The molecule has 1 saturated heterocycles. The van der Waals surface area contributed by atoms with Crippen molar-refractivity contribution in [2.24, 2.45) is 0 Å². The lowest BCUT2D eigenvalue weighted by Crippen LogP contribution is -2.28. The summed E-state index contributed by atoms with van der Waals surface area (Å²) in [5.74, 6) is 0.300. The van der Waals surface area contributed by atoms with Crippen molar-refractivity contribution in [2.75, 3.05) is 18.5 Å². The molecule has 0 spiro atoms. The van der Waals surface area contributed by atoms with Gasteiger partial charge in [-0.05, 0) is 36.1 Å². The Morgan fingerprint density at radius 3 is 2.96 bits per heavy atom. The van der Waals surface area contributed by atoms with E-state index in [-0.39, 0.29) is 7.37 Å². The van der Waals surface area contributed by atoms with Crippen LogP contribution in [0.25, 0.3) is 11.2 Å². The van der Waals surface area contributed by atoms with Gasteiger partial charge in [0.25, 0.3) is 0 Å². The van der Waals surface area contributed by atoms with Crippen LogP contribution in [0.15, 0.2) is 36.8 Å². The molecular weight excluding hydrogens is 333 g/mol. The number of anilines is 1. The fraction of sp³-hybridized carbons (Fsp3) is 0.316. The van der Waals surface area contributed by atoms with Crippen LogP contribution in [-0.2, 0) is 11.2 Å². The van der Waals surface area contributed by atoms with Gasteiger partial charge in [-0.25, -0.2) is 15.0 Å². The Kier molecular flexibility index (Phi) is 3.67. The van der Waals surface area contributed by atoms with Crippen LogP contribution >= 0.6 is 0 Å². The smallest absolute Gasteiger partial charge is 0.223 e. The van der Waals surface area contributed by atoms with Crippen LogP contribution < -0.4 is 5.32 Å². The summed E-state index contributed by atoms with van der Waals surface area (Å²) in [6.45, 7) is 1.56.